The Kier molecular flexibility index (Phi) is 7.13. The average molecular weight is 423 g/mol. The Morgan fingerprint density at radius 1 is 1.24 bits per heavy atom. The lowest BCUT2D eigenvalue weighted by molar-refractivity contribution is -0.0839. The summed E-state index contributed by atoms with van der Waals surface area (Å²) < 4.78 is 11.6. The molecule has 0 spiro atoms. The van der Waals surface area contributed by atoms with E-state index in [9.17, 15) is 4.79 Å². The fourth-order valence-corrected chi connectivity index (χ4v) is 4.55. The van der Waals surface area contributed by atoms with Gasteiger partial charge in [-0.05, 0) is 71.6 Å². The van der Waals surface area contributed by atoms with Crippen molar-refractivity contribution in [3.05, 3.63) is 34.9 Å². The number of nitrogens with zero attached hydrogens (tertiary/aromatic N) is 2. The van der Waals surface area contributed by atoms with Gasteiger partial charge in [0, 0.05) is 36.2 Å². The monoisotopic (exact) mass is 422 g/mol. The van der Waals surface area contributed by atoms with Gasteiger partial charge in [-0.25, -0.2) is 4.79 Å². The van der Waals surface area contributed by atoms with Crippen molar-refractivity contribution in [2.24, 2.45) is 0 Å². The van der Waals surface area contributed by atoms with Gasteiger partial charge in [-0.2, -0.15) is 0 Å². The average Bonchev–Trinajstić information content (AvgIpc) is 2.63. The van der Waals surface area contributed by atoms with Gasteiger partial charge in [0.2, 0.25) is 0 Å². The van der Waals surface area contributed by atoms with Crippen LogP contribution in [0.5, 0.6) is 0 Å². The number of morpholine rings is 1. The van der Waals surface area contributed by atoms with Crippen LogP contribution in [0.4, 0.5) is 4.79 Å². The number of ether oxygens (including phenoxy) is 2. The van der Waals surface area contributed by atoms with Gasteiger partial charge in [-0.15, -0.1) is 0 Å². The smallest absolute Gasteiger partial charge is 0.410 e. The number of carbonyl (C=O) groups excluding carboxylic acids is 1. The van der Waals surface area contributed by atoms with Crippen molar-refractivity contribution < 1.29 is 14.3 Å². The first-order chi connectivity index (χ1) is 13.6. The van der Waals surface area contributed by atoms with E-state index in [1.54, 1.807) is 0 Å². The molecule has 2 aliphatic rings. The summed E-state index contributed by atoms with van der Waals surface area (Å²) in [6, 6.07) is 9.07. The number of halogens is 1. The van der Waals surface area contributed by atoms with Gasteiger partial charge >= 0.3 is 6.09 Å². The molecule has 0 bridgehead atoms. The third-order valence-corrected chi connectivity index (χ3v) is 6.09. The van der Waals surface area contributed by atoms with Crippen molar-refractivity contribution in [3.63, 3.8) is 0 Å². The van der Waals surface area contributed by atoms with Crippen LogP contribution in [-0.2, 0) is 15.9 Å². The van der Waals surface area contributed by atoms with Crippen LogP contribution in [0.1, 0.15) is 53.0 Å². The zero-order chi connectivity index (χ0) is 21.2. The minimum atomic E-state index is -0.461. The first-order valence-electron chi connectivity index (χ1n) is 10.7. The van der Waals surface area contributed by atoms with Crippen molar-refractivity contribution in [2.45, 2.75) is 83.7 Å². The van der Waals surface area contributed by atoms with E-state index in [4.69, 9.17) is 21.1 Å². The molecule has 0 saturated carbocycles. The maximum Gasteiger partial charge on any atom is 0.410 e. The molecule has 2 unspecified atom stereocenters. The molecule has 0 aliphatic carbocycles. The second-order valence-electron chi connectivity index (χ2n) is 9.53. The molecule has 2 saturated heterocycles. The molecule has 2 heterocycles. The van der Waals surface area contributed by atoms with Crippen molar-refractivity contribution >= 4 is 17.7 Å². The van der Waals surface area contributed by atoms with Crippen LogP contribution < -0.4 is 0 Å². The standard InChI is InChI=1S/C23H35ClN2O3/c1-16-12-20(10-11-25(16)22(27)29-23(3,4)5)26-14-17(2)28-15-21(26)13-18-6-8-19(24)9-7-18/h6-9,16-17,20-21H,10-15H2,1-5H3/t16?,17-,20?,21-/m0/s1. The van der Waals surface area contributed by atoms with Crippen molar-refractivity contribution in [1.29, 1.82) is 0 Å². The molecule has 0 radical (unpaired) electrons. The molecule has 162 valence electrons. The van der Waals surface area contributed by atoms with Crippen LogP contribution in [0, 0.1) is 0 Å². The normalized spacial score (nSPS) is 29.0. The number of amides is 1. The zero-order valence-electron chi connectivity index (χ0n) is 18.4. The summed E-state index contributed by atoms with van der Waals surface area (Å²) in [6.45, 7) is 12.4. The van der Waals surface area contributed by atoms with Crippen molar-refractivity contribution in [2.75, 3.05) is 19.7 Å². The molecule has 2 fully saturated rings. The highest BCUT2D eigenvalue weighted by Crippen LogP contribution is 2.28. The summed E-state index contributed by atoms with van der Waals surface area (Å²) in [6.07, 6.45) is 2.91. The van der Waals surface area contributed by atoms with E-state index < -0.39 is 5.60 Å². The molecular formula is C23H35ClN2O3. The zero-order valence-corrected chi connectivity index (χ0v) is 19.1. The van der Waals surface area contributed by atoms with Crippen LogP contribution in [0.15, 0.2) is 24.3 Å². The van der Waals surface area contributed by atoms with Gasteiger partial charge in [-0.1, -0.05) is 23.7 Å². The minimum Gasteiger partial charge on any atom is -0.444 e. The molecule has 6 heteroatoms. The summed E-state index contributed by atoms with van der Waals surface area (Å²) in [5.74, 6) is 0. The van der Waals surface area contributed by atoms with Gasteiger partial charge in [0.25, 0.3) is 0 Å². The quantitative estimate of drug-likeness (QED) is 0.704. The molecule has 1 aromatic rings. The van der Waals surface area contributed by atoms with Gasteiger partial charge in [0.1, 0.15) is 5.60 Å². The highest BCUT2D eigenvalue weighted by molar-refractivity contribution is 6.30. The minimum absolute atomic E-state index is 0.165. The van der Waals surface area contributed by atoms with E-state index in [-0.39, 0.29) is 18.2 Å². The molecule has 5 nitrogen and oxygen atoms in total. The summed E-state index contributed by atoms with van der Waals surface area (Å²) in [5.41, 5.74) is 0.818. The lowest BCUT2D eigenvalue weighted by atomic mass is 9.93. The van der Waals surface area contributed by atoms with Crippen LogP contribution in [0.25, 0.3) is 0 Å². The van der Waals surface area contributed by atoms with Crippen molar-refractivity contribution in [3.8, 4) is 0 Å². The fraction of sp³-hybridized carbons (Fsp3) is 0.696. The number of benzene rings is 1. The number of piperidine rings is 1. The molecule has 2 aliphatic heterocycles. The fourth-order valence-electron chi connectivity index (χ4n) is 4.43. The Hall–Kier alpha value is -1.30. The maximum absolute atomic E-state index is 12.6. The Labute approximate surface area is 180 Å². The molecule has 1 amide bonds. The number of hydrogen-bond donors (Lipinski definition) is 0. The number of likely N-dealkylation sites (tertiary alicyclic amines) is 1. The van der Waals surface area contributed by atoms with Crippen molar-refractivity contribution in [1.82, 2.24) is 9.80 Å². The van der Waals surface area contributed by atoms with E-state index in [0.717, 1.165) is 44.0 Å². The lowest BCUT2D eigenvalue weighted by Gasteiger charge is -2.48. The summed E-state index contributed by atoms with van der Waals surface area (Å²) in [7, 11) is 0. The molecule has 1 aromatic carbocycles. The van der Waals surface area contributed by atoms with Crippen LogP contribution in [0.3, 0.4) is 0 Å². The first kappa shape index (κ1) is 22.4. The number of hydrogen-bond acceptors (Lipinski definition) is 4. The largest absolute Gasteiger partial charge is 0.444 e. The lowest BCUT2D eigenvalue weighted by Crippen LogP contribution is -2.58. The summed E-state index contributed by atoms with van der Waals surface area (Å²) >= 11 is 6.04. The third kappa shape index (κ3) is 6.09. The molecule has 0 aromatic heterocycles. The molecule has 0 N–H and O–H groups in total. The Bertz CT molecular complexity index is 688. The van der Waals surface area contributed by atoms with Gasteiger partial charge < -0.3 is 14.4 Å². The second kappa shape index (κ2) is 9.23. The molecular weight excluding hydrogens is 388 g/mol. The topological polar surface area (TPSA) is 42.0 Å². The van der Waals surface area contributed by atoms with E-state index in [1.807, 2.05) is 37.8 Å². The SMILES string of the molecule is CC1CC(N2C[C@H](C)OC[C@@H]2Cc2ccc(Cl)cc2)CCN1C(=O)OC(C)(C)C. The van der Waals surface area contributed by atoms with E-state index in [1.165, 1.54) is 5.56 Å². The molecule has 4 atom stereocenters. The Morgan fingerprint density at radius 3 is 2.55 bits per heavy atom. The second-order valence-corrected chi connectivity index (χ2v) is 9.96. The highest BCUT2D eigenvalue weighted by Gasteiger charge is 2.38. The van der Waals surface area contributed by atoms with Crippen LogP contribution in [-0.4, -0.2) is 65.4 Å². The predicted octanol–water partition coefficient (Wildman–Crippen LogP) is 4.76. The number of carbonyl (C=O) groups is 1. The maximum atomic E-state index is 12.6. The molecule has 3 rings (SSSR count). The molecule has 29 heavy (non-hydrogen) atoms. The first-order valence-corrected chi connectivity index (χ1v) is 11.1. The Balaban J connectivity index is 1.65. The summed E-state index contributed by atoms with van der Waals surface area (Å²) in [4.78, 5) is 17.1. The van der Waals surface area contributed by atoms with E-state index >= 15 is 0 Å². The highest BCUT2D eigenvalue weighted by atomic mass is 35.5. The van der Waals surface area contributed by atoms with E-state index in [2.05, 4.69) is 30.9 Å². The van der Waals surface area contributed by atoms with Gasteiger partial charge in [0.05, 0.1) is 12.7 Å². The van der Waals surface area contributed by atoms with Gasteiger partial charge in [-0.3, -0.25) is 4.90 Å². The number of rotatable bonds is 3. The Morgan fingerprint density at radius 2 is 1.93 bits per heavy atom. The van der Waals surface area contributed by atoms with Gasteiger partial charge in [0.15, 0.2) is 0 Å². The third-order valence-electron chi connectivity index (χ3n) is 5.84. The van der Waals surface area contributed by atoms with Crippen LogP contribution >= 0.6 is 11.6 Å². The predicted molar refractivity (Wildman–Crippen MR) is 116 cm³/mol. The van der Waals surface area contributed by atoms with E-state index in [0.29, 0.717) is 12.1 Å². The summed E-state index contributed by atoms with van der Waals surface area (Å²) in [5, 5.41) is 0.766. The van der Waals surface area contributed by atoms with Crippen LogP contribution in [0.2, 0.25) is 5.02 Å².